The summed E-state index contributed by atoms with van der Waals surface area (Å²) in [7, 11) is 3.01. The fourth-order valence-electron chi connectivity index (χ4n) is 10.7. The summed E-state index contributed by atoms with van der Waals surface area (Å²) in [6.07, 6.45) is 6.11. The zero-order valence-corrected chi connectivity index (χ0v) is 35.5. The summed E-state index contributed by atoms with van der Waals surface area (Å²) < 4.78 is 36.7. The van der Waals surface area contributed by atoms with E-state index < -0.39 is 40.9 Å². The lowest BCUT2D eigenvalue weighted by Crippen LogP contribution is -2.69. The molecule has 318 valence electrons. The fraction of sp³-hybridized carbons (Fsp3) is 0.533. The van der Waals surface area contributed by atoms with Gasteiger partial charge in [0.25, 0.3) is 0 Å². The molecule has 7 aliphatic rings. The van der Waals surface area contributed by atoms with E-state index in [1.165, 1.54) is 26.0 Å². The number of ether oxygens (including phenoxy) is 6. The van der Waals surface area contributed by atoms with Gasteiger partial charge in [-0.1, -0.05) is 38.7 Å². The number of piperazine rings is 1. The van der Waals surface area contributed by atoms with E-state index in [2.05, 4.69) is 28.5 Å². The highest BCUT2D eigenvalue weighted by Gasteiger charge is 2.60. The maximum Gasteiger partial charge on any atom is 0.331 e. The van der Waals surface area contributed by atoms with E-state index in [9.17, 15) is 25.1 Å². The molecule has 7 heterocycles. The van der Waals surface area contributed by atoms with Gasteiger partial charge in [-0.25, -0.2) is 4.79 Å². The van der Waals surface area contributed by atoms with Crippen LogP contribution in [0, 0.1) is 25.2 Å². The van der Waals surface area contributed by atoms with Gasteiger partial charge in [-0.3, -0.25) is 15.0 Å². The number of benzene rings is 3. The van der Waals surface area contributed by atoms with Crippen molar-refractivity contribution in [2.24, 2.45) is 0 Å². The van der Waals surface area contributed by atoms with Crippen LogP contribution in [0.4, 0.5) is 0 Å². The molecule has 2 fully saturated rings. The summed E-state index contributed by atoms with van der Waals surface area (Å²) in [4.78, 5) is 30.9. The second-order valence-electron chi connectivity index (χ2n) is 16.7. The van der Waals surface area contributed by atoms with Crippen LogP contribution in [0.5, 0.6) is 40.2 Å². The molecule has 2 saturated heterocycles. The predicted molar refractivity (Wildman–Crippen MR) is 221 cm³/mol. The summed E-state index contributed by atoms with van der Waals surface area (Å²) in [5.41, 5.74) is 4.45. The molecule has 0 aromatic heterocycles. The Kier molecular flexibility index (Phi) is 10.7. The van der Waals surface area contributed by atoms with Crippen LogP contribution < -0.4 is 34.3 Å². The molecule has 10 rings (SSSR count). The molecule has 60 heavy (non-hydrogen) atoms. The number of aromatic hydroxyl groups is 2. The third kappa shape index (κ3) is 6.24. The summed E-state index contributed by atoms with van der Waals surface area (Å²) in [5, 5.41) is 40.7. The number of carbonyl (C=O) groups is 2. The van der Waals surface area contributed by atoms with E-state index in [1.54, 1.807) is 12.1 Å². The molecular formula is C45H52N4O10S. The van der Waals surface area contributed by atoms with Crippen molar-refractivity contribution in [1.29, 1.82) is 5.26 Å². The third-order valence-electron chi connectivity index (χ3n) is 13.4. The van der Waals surface area contributed by atoms with Gasteiger partial charge in [0.05, 0.1) is 37.6 Å². The van der Waals surface area contributed by atoms with Gasteiger partial charge < -0.3 is 44.0 Å². The van der Waals surface area contributed by atoms with Crippen molar-refractivity contribution >= 4 is 23.7 Å². The van der Waals surface area contributed by atoms with E-state index in [1.807, 2.05) is 19.9 Å². The average molecular weight is 841 g/mol. The van der Waals surface area contributed by atoms with Gasteiger partial charge in [0.15, 0.2) is 40.0 Å². The number of methoxy groups -OCH3 is 2. The Morgan fingerprint density at radius 1 is 1.02 bits per heavy atom. The molecule has 15 heteroatoms. The first-order valence-corrected chi connectivity index (χ1v) is 22.0. The van der Waals surface area contributed by atoms with Crippen LogP contribution in [-0.4, -0.2) is 85.1 Å². The van der Waals surface area contributed by atoms with E-state index in [-0.39, 0.29) is 54.8 Å². The number of nitrogens with one attached hydrogen (secondary N) is 2. The number of nitriles is 1. The standard InChI is InChI=1S/C45H52N4O10S/c1-6-7-8-9-10-11-32(51)59-40-23(3)41-42(58-21-57-41)34-29-19-56-44(53)45(26-17-31(54-4)30(50)16-24(26)12-13-47-45)20-60-43(35(34)40)37-36-33-25(14-22(2)39(55-5)38(33)52)15-27(48-36)28(18-46)49(29)37/h14,16-17,27-29,36-37,43,47-48,50,52H,6-13,15,19-21H2,1-5H3/t27?,28-,29-,36+,37?,43+,45+/m0/s1. The number of carbonyl (C=O) groups excluding carboxylic acids is 2. The van der Waals surface area contributed by atoms with Gasteiger partial charge in [0.1, 0.15) is 18.4 Å². The first kappa shape index (κ1) is 40.5. The zero-order chi connectivity index (χ0) is 42.0. The maximum atomic E-state index is 14.9. The lowest BCUT2D eigenvalue weighted by atomic mass is 9.72. The number of hydrogen-bond donors (Lipinski definition) is 4. The Hall–Kier alpha value is -4.88. The van der Waals surface area contributed by atoms with Crippen LogP contribution in [-0.2, 0) is 32.7 Å². The van der Waals surface area contributed by atoms with Gasteiger partial charge in [-0.2, -0.15) is 5.26 Å². The predicted octanol–water partition coefficient (Wildman–Crippen LogP) is 5.99. The molecule has 0 radical (unpaired) electrons. The van der Waals surface area contributed by atoms with Crippen molar-refractivity contribution in [3.63, 3.8) is 0 Å². The number of rotatable bonds is 9. The number of phenols is 2. The van der Waals surface area contributed by atoms with Crippen LogP contribution in [0.1, 0.15) is 107 Å². The average Bonchev–Trinajstić information content (AvgIpc) is 3.73. The van der Waals surface area contributed by atoms with Crippen molar-refractivity contribution in [1.82, 2.24) is 15.5 Å². The Morgan fingerprint density at radius 2 is 1.82 bits per heavy atom. The van der Waals surface area contributed by atoms with Gasteiger partial charge in [0, 0.05) is 53.1 Å². The van der Waals surface area contributed by atoms with E-state index >= 15 is 0 Å². The fourth-order valence-corrected chi connectivity index (χ4v) is 12.4. The number of esters is 2. The molecule has 14 nitrogen and oxygen atoms in total. The van der Waals surface area contributed by atoms with E-state index in [0.29, 0.717) is 76.6 Å². The Bertz CT molecular complexity index is 2300. The van der Waals surface area contributed by atoms with Gasteiger partial charge >= 0.3 is 11.9 Å². The molecule has 7 atom stereocenters. The minimum atomic E-state index is -1.37. The second kappa shape index (κ2) is 15.9. The monoisotopic (exact) mass is 840 g/mol. The number of hydrogen-bond acceptors (Lipinski definition) is 15. The lowest BCUT2D eigenvalue weighted by molar-refractivity contribution is -0.155. The van der Waals surface area contributed by atoms with Crippen molar-refractivity contribution < 1.29 is 48.2 Å². The van der Waals surface area contributed by atoms with Crippen LogP contribution >= 0.6 is 11.8 Å². The van der Waals surface area contributed by atoms with E-state index in [4.69, 9.17) is 28.4 Å². The van der Waals surface area contributed by atoms with Crippen molar-refractivity contribution in [2.45, 2.75) is 113 Å². The third-order valence-corrected chi connectivity index (χ3v) is 14.9. The number of fused-ring (bicyclic) bond motifs is 9. The van der Waals surface area contributed by atoms with E-state index in [0.717, 1.165) is 42.4 Å². The quantitative estimate of drug-likeness (QED) is 0.112. The first-order chi connectivity index (χ1) is 29.1. The molecule has 7 aliphatic heterocycles. The molecule has 0 amide bonds. The molecular weight excluding hydrogens is 789 g/mol. The van der Waals surface area contributed by atoms with Crippen LogP contribution in [0.3, 0.4) is 0 Å². The zero-order valence-electron chi connectivity index (χ0n) is 34.6. The highest BCUT2D eigenvalue weighted by atomic mass is 32.2. The van der Waals surface area contributed by atoms with Crippen LogP contribution in [0.2, 0.25) is 0 Å². The molecule has 2 unspecified atom stereocenters. The molecule has 4 N–H and O–H groups in total. The Balaban J connectivity index is 1.27. The smallest absolute Gasteiger partial charge is 0.331 e. The van der Waals surface area contributed by atoms with Crippen molar-refractivity contribution in [2.75, 3.05) is 39.9 Å². The summed E-state index contributed by atoms with van der Waals surface area (Å²) in [6, 6.07) is 5.14. The highest BCUT2D eigenvalue weighted by Crippen LogP contribution is 2.63. The molecule has 0 aliphatic carbocycles. The Labute approximate surface area is 353 Å². The van der Waals surface area contributed by atoms with Crippen LogP contribution in [0.15, 0.2) is 18.2 Å². The molecule has 0 saturated carbocycles. The van der Waals surface area contributed by atoms with Crippen molar-refractivity contribution in [3.8, 4) is 46.3 Å². The number of thioether (sulfide) groups is 1. The molecule has 1 spiro atoms. The normalized spacial score (nSPS) is 27.2. The second-order valence-corrected chi connectivity index (χ2v) is 17.8. The lowest BCUT2D eigenvalue weighted by Gasteiger charge is -2.59. The number of phenolic OH excluding ortho intramolecular Hbond substituents is 2. The first-order valence-electron chi connectivity index (χ1n) is 21.0. The summed E-state index contributed by atoms with van der Waals surface area (Å²) >= 11 is 1.49. The largest absolute Gasteiger partial charge is 0.504 e. The minimum Gasteiger partial charge on any atom is -0.504 e. The van der Waals surface area contributed by atoms with Gasteiger partial charge in [0.2, 0.25) is 6.79 Å². The molecule has 3 aromatic carbocycles. The van der Waals surface area contributed by atoms with Gasteiger partial charge in [-0.15, -0.1) is 11.8 Å². The highest BCUT2D eigenvalue weighted by molar-refractivity contribution is 7.99. The van der Waals surface area contributed by atoms with Crippen molar-refractivity contribution in [3.05, 3.63) is 62.7 Å². The summed E-state index contributed by atoms with van der Waals surface area (Å²) in [6.45, 7) is 6.13. The van der Waals surface area contributed by atoms with Crippen LogP contribution in [0.25, 0.3) is 0 Å². The number of unbranched alkanes of at least 4 members (excludes halogenated alkanes) is 4. The Morgan fingerprint density at radius 3 is 2.58 bits per heavy atom. The molecule has 3 aromatic rings. The number of aryl methyl sites for hydroxylation is 1. The maximum absolute atomic E-state index is 14.9. The van der Waals surface area contributed by atoms with Gasteiger partial charge in [-0.05, 0) is 67.5 Å². The minimum absolute atomic E-state index is 0.0204. The number of nitrogens with zero attached hydrogens (tertiary/aromatic N) is 2. The molecule has 4 bridgehead atoms. The topological polar surface area (TPSA) is 181 Å². The SMILES string of the molecule is CCCCCCCC(=O)Oc1c(C)c2c(c3c1[C@H]1SC[C@]4(NCCc5cc(O)c(OC)cc54)C(=O)OC[C@@H]3N3C1[C@@H]1NC(Cc4cc(C)c(OC)c(O)c41)[C@@H]3C#N)OCO2. The summed E-state index contributed by atoms with van der Waals surface area (Å²) in [5.74, 6) is 1.21.